The van der Waals surface area contributed by atoms with Gasteiger partial charge in [-0.05, 0) is 12.1 Å². The second-order valence-electron chi connectivity index (χ2n) is 2.43. The van der Waals surface area contributed by atoms with Crippen molar-refractivity contribution in [3.05, 3.63) is 17.9 Å². The molecular formula is C7H6F4N2O. The smallest absolute Gasteiger partial charge is 0.401 e. The Bertz CT molecular complexity index is 350. The first kappa shape index (κ1) is 10.4. The van der Waals surface area contributed by atoms with Crippen molar-refractivity contribution in [2.24, 2.45) is 0 Å². The van der Waals surface area contributed by atoms with Crippen LogP contribution in [0.25, 0.3) is 0 Å². The SMILES string of the molecule is Nc1ccc(F)c(N)c1OC(F)(F)F. The van der Waals surface area contributed by atoms with Gasteiger partial charge in [-0.1, -0.05) is 0 Å². The van der Waals surface area contributed by atoms with Gasteiger partial charge in [-0.2, -0.15) is 0 Å². The summed E-state index contributed by atoms with van der Waals surface area (Å²) in [5, 5.41) is 0. The summed E-state index contributed by atoms with van der Waals surface area (Å²) in [6, 6.07) is 1.79. The van der Waals surface area contributed by atoms with Gasteiger partial charge >= 0.3 is 6.36 Å². The Morgan fingerprint density at radius 3 is 2.21 bits per heavy atom. The molecule has 0 spiro atoms. The Hall–Kier alpha value is -1.66. The predicted molar refractivity (Wildman–Crippen MR) is 41.9 cm³/mol. The van der Waals surface area contributed by atoms with Gasteiger partial charge in [0.05, 0.1) is 5.69 Å². The summed E-state index contributed by atoms with van der Waals surface area (Å²) in [6.07, 6.45) is -4.95. The molecule has 0 aliphatic carbocycles. The van der Waals surface area contributed by atoms with Gasteiger partial charge in [0.2, 0.25) is 0 Å². The highest BCUT2D eigenvalue weighted by atomic mass is 19.4. The van der Waals surface area contributed by atoms with E-state index in [4.69, 9.17) is 11.5 Å². The molecule has 4 N–H and O–H groups in total. The van der Waals surface area contributed by atoms with Crippen molar-refractivity contribution in [1.29, 1.82) is 0 Å². The molecule has 1 rings (SSSR count). The van der Waals surface area contributed by atoms with Crippen LogP contribution in [-0.4, -0.2) is 6.36 Å². The first-order valence-electron chi connectivity index (χ1n) is 3.40. The maximum absolute atomic E-state index is 12.7. The number of rotatable bonds is 1. The Morgan fingerprint density at radius 2 is 1.71 bits per heavy atom. The van der Waals surface area contributed by atoms with Gasteiger partial charge in [0.15, 0.2) is 5.75 Å². The minimum absolute atomic E-state index is 0.374. The van der Waals surface area contributed by atoms with Crippen molar-refractivity contribution in [2.45, 2.75) is 6.36 Å². The number of alkyl halides is 3. The predicted octanol–water partition coefficient (Wildman–Crippen LogP) is 1.89. The second-order valence-corrected chi connectivity index (χ2v) is 2.43. The second kappa shape index (κ2) is 3.24. The first-order valence-corrected chi connectivity index (χ1v) is 3.40. The molecule has 0 radical (unpaired) electrons. The molecule has 0 amide bonds. The number of halogens is 4. The van der Waals surface area contributed by atoms with E-state index < -0.39 is 23.6 Å². The quantitative estimate of drug-likeness (QED) is 0.549. The fourth-order valence-corrected chi connectivity index (χ4v) is 0.822. The molecule has 7 heteroatoms. The van der Waals surface area contributed by atoms with Crippen LogP contribution < -0.4 is 16.2 Å². The van der Waals surface area contributed by atoms with Crippen LogP contribution in [0.3, 0.4) is 0 Å². The molecule has 0 bridgehead atoms. The first-order chi connectivity index (χ1) is 6.31. The lowest BCUT2D eigenvalue weighted by atomic mass is 10.2. The summed E-state index contributed by atoms with van der Waals surface area (Å²) in [5.41, 5.74) is 9.00. The minimum atomic E-state index is -4.95. The van der Waals surface area contributed by atoms with Crippen molar-refractivity contribution >= 4 is 11.4 Å². The average Bonchev–Trinajstić information content (AvgIpc) is 2.04. The highest BCUT2D eigenvalue weighted by molar-refractivity contribution is 5.67. The summed E-state index contributed by atoms with van der Waals surface area (Å²) < 4.78 is 51.5. The monoisotopic (exact) mass is 210 g/mol. The number of ether oxygens (including phenoxy) is 1. The van der Waals surface area contributed by atoms with Crippen LogP contribution in [0.15, 0.2) is 12.1 Å². The number of nitrogens with two attached hydrogens (primary N) is 2. The Morgan fingerprint density at radius 1 is 1.14 bits per heavy atom. The Balaban J connectivity index is 3.13. The highest BCUT2D eigenvalue weighted by Gasteiger charge is 2.33. The van der Waals surface area contributed by atoms with Crippen molar-refractivity contribution in [3.63, 3.8) is 0 Å². The summed E-state index contributed by atoms with van der Waals surface area (Å²) in [5.74, 6) is -1.92. The van der Waals surface area contributed by atoms with E-state index in [1.54, 1.807) is 0 Å². The summed E-state index contributed by atoms with van der Waals surface area (Å²) >= 11 is 0. The van der Waals surface area contributed by atoms with Crippen molar-refractivity contribution < 1.29 is 22.3 Å². The number of anilines is 2. The van der Waals surface area contributed by atoms with E-state index in [1.807, 2.05) is 0 Å². The van der Waals surface area contributed by atoms with Gasteiger partial charge < -0.3 is 16.2 Å². The van der Waals surface area contributed by atoms with E-state index in [-0.39, 0.29) is 5.69 Å². The van der Waals surface area contributed by atoms with Crippen LogP contribution in [0.2, 0.25) is 0 Å². The summed E-state index contributed by atoms with van der Waals surface area (Å²) in [7, 11) is 0. The molecule has 0 unspecified atom stereocenters. The molecule has 0 saturated heterocycles. The van der Waals surface area contributed by atoms with Crippen molar-refractivity contribution in [3.8, 4) is 5.75 Å². The minimum Gasteiger partial charge on any atom is -0.401 e. The molecule has 1 aromatic rings. The zero-order chi connectivity index (χ0) is 10.9. The molecule has 3 nitrogen and oxygen atoms in total. The topological polar surface area (TPSA) is 61.3 Å². The summed E-state index contributed by atoms with van der Waals surface area (Å²) in [6.45, 7) is 0. The molecule has 0 fully saturated rings. The van der Waals surface area contributed by atoms with Crippen LogP contribution in [0.4, 0.5) is 28.9 Å². The van der Waals surface area contributed by atoms with Crippen molar-refractivity contribution in [2.75, 3.05) is 11.5 Å². The molecule has 0 aromatic heterocycles. The molecule has 78 valence electrons. The maximum atomic E-state index is 12.7. The van der Waals surface area contributed by atoms with Gasteiger partial charge in [0.1, 0.15) is 11.5 Å². The fraction of sp³-hybridized carbons (Fsp3) is 0.143. The van der Waals surface area contributed by atoms with Gasteiger partial charge in [0.25, 0.3) is 0 Å². The third-order valence-electron chi connectivity index (χ3n) is 1.39. The fourth-order valence-electron chi connectivity index (χ4n) is 0.822. The average molecular weight is 210 g/mol. The van der Waals surface area contributed by atoms with Gasteiger partial charge in [0, 0.05) is 0 Å². The normalized spacial score (nSPS) is 11.4. The molecule has 0 atom stereocenters. The zero-order valence-electron chi connectivity index (χ0n) is 6.73. The van der Waals surface area contributed by atoms with Crippen LogP contribution in [-0.2, 0) is 0 Å². The lowest BCUT2D eigenvalue weighted by molar-refractivity contribution is -0.274. The highest BCUT2D eigenvalue weighted by Crippen LogP contribution is 2.35. The van der Waals surface area contributed by atoms with Crippen LogP contribution in [0.1, 0.15) is 0 Å². The van der Waals surface area contributed by atoms with Gasteiger partial charge in [-0.15, -0.1) is 13.2 Å². The molecule has 0 heterocycles. The largest absolute Gasteiger partial charge is 0.573 e. The Labute approximate surface area is 76.3 Å². The lowest BCUT2D eigenvalue weighted by Crippen LogP contribution is -2.19. The number of nitrogen functional groups attached to an aromatic ring is 2. The lowest BCUT2D eigenvalue weighted by Gasteiger charge is -2.13. The van der Waals surface area contributed by atoms with Crippen LogP contribution >= 0.6 is 0 Å². The summed E-state index contributed by atoms with van der Waals surface area (Å²) in [4.78, 5) is 0. The third-order valence-corrected chi connectivity index (χ3v) is 1.39. The van der Waals surface area contributed by atoms with Gasteiger partial charge in [-0.25, -0.2) is 4.39 Å². The van der Waals surface area contributed by atoms with E-state index >= 15 is 0 Å². The molecule has 1 aromatic carbocycles. The van der Waals surface area contributed by atoms with E-state index in [0.29, 0.717) is 0 Å². The number of hydrogen-bond donors (Lipinski definition) is 2. The number of benzene rings is 1. The van der Waals surface area contributed by atoms with E-state index in [9.17, 15) is 17.6 Å². The molecule has 14 heavy (non-hydrogen) atoms. The molecule has 0 aliphatic heterocycles. The van der Waals surface area contributed by atoms with E-state index in [2.05, 4.69) is 4.74 Å². The van der Waals surface area contributed by atoms with E-state index in [1.165, 1.54) is 0 Å². The molecule has 0 aliphatic rings. The standard InChI is InChI=1S/C7H6F4N2O/c8-3-1-2-4(12)6(5(3)13)14-7(9,10)11/h1-2H,12-13H2. The molecule has 0 saturated carbocycles. The van der Waals surface area contributed by atoms with Crippen LogP contribution in [0, 0.1) is 5.82 Å². The van der Waals surface area contributed by atoms with Crippen molar-refractivity contribution in [1.82, 2.24) is 0 Å². The molecular weight excluding hydrogens is 204 g/mol. The maximum Gasteiger partial charge on any atom is 0.573 e. The van der Waals surface area contributed by atoms with Crippen LogP contribution in [0.5, 0.6) is 5.75 Å². The Kier molecular flexibility index (Phi) is 2.41. The number of hydrogen-bond acceptors (Lipinski definition) is 3. The van der Waals surface area contributed by atoms with Gasteiger partial charge in [-0.3, -0.25) is 0 Å². The van der Waals surface area contributed by atoms with E-state index in [0.717, 1.165) is 12.1 Å². The third kappa shape index (κ3) is 2.18. The zero-order valence-corrected chi connectivity index (χ0v) is 6.73.